The average Bonchev–Trinajstić information content (AvgIpc) is 3.49. The number of rotatable bonds is 6. The van der Waals surface area contributed by atoms with Gasteiger partial charge in [0.1, 0.15) is 11.4 Å². The molecule has 2 aromatic carbocycles. The molecule has 0 fully saturated rings. The van der Waals surface area contributed by atoms with Gasteiger partial charge in [0.15, 0.2) is 0 Å². The van der Waals surface area contributed by atoms with Crippen LogP contribution in [0.5, 0.6) is 0 Å². The third kappa shape index (κ3) is 5.65. The molecule has 0 amide bonds. The van der Waals surface area contributed by atoms with Crippen LogP contribution in [0.1, 0.15) is 11.4 Å². The highest BCUT2D eigenvalue weighted by atomic mass is 79.9. The molecule has 0 aliphatic rings. The van der Waals surface area contributed by atoms with Crippen LogP contribution < -0.4 is 11.2 Å². The van der Waals surface area contributed by atoms with E-state index in [0.29, 0.717) is 42.9 Å². The van der Waals surface area contributed by atoms with Crippen molar-refractivity contribution in [2.45, 2.75) is 13.1 Å². The van der Waals surface area contributed by atoms with Crippen molar-refractivity contribution in [3.63, 3.8) is 0 Å². The highest BCUT2D eigenvalue weighted by molar-refractivity contribution is 9.10. The second-order valence-corrected chi connectivity index (χ2v) is 10.4. The first-order valence-electron chi connectivity index (χ1n) is 10.4. The Labute approximate surface area is 236 Å². The molecule has 188 valence electrons. The molecule has 0 bridgehead atoms. The van der Waals surface area contributed by atoms with Crippen LogP contribution in [0.4, 0.5) is 0 Å². The lowest BCUT2D eigenvalue weighted by atomic mass is 10.3. The Bertz CT molecular complexity index is 1720. The van der Waals surface area contributed by atoms with E-state index in [9.17, 15) is 9.59 Å². The highest BCUT2D eigenvalue weighted by Crippen LogP contribution is 2.22. The van der Waals surface area contributed by atoms with Gasteiger partial charge < -0.3 is 0 Å². The summed E-state index contributed by atoms with van der Waals surface area (Å²) in [6.07, 6.45) is 4.63. The van der Waals surface area contributed by atoms with Gasteiger partial charge in [0, 0.05) is 26.3 Å². The molecule has 0 aliphatic carbocycles. The van der Waals surface area contributed by atoms with E-state index in [0.717, 1.165) is 4.57 Å². The van der Waals surface area contributed by atoms with Crippen LogP contribution in [-0.2, 0) is 13.1 Å². The second kappa shape index (κ2) is 10.4. The van der Waals surface area contributed by atoms with Crippen LogP contribution in [0.3, 0.4) is 0 Å². The fourth-order valence-corrected chi connectivity index (χ4v) is 5.03. The van der Waals surface area contributed by atoms with E-state index in [2.05, 4.69) is 36.6 Å². The number of benzene rings is 2. The van der Waals surface area contributed by atoms with Crippen LogP contribution in [0.25, 0.3) is 11.4 Å². The predicted octanol–water partition coefficient (Wildman–Crippen LogP) is 4.64. The molecule has 0 N–H and O–H groups in total. The molecule has 0 unspecified atom stereocenters. The van der Waals surface area contributed by atoms with Crippen molar-refractivity contribution in [3.8, 4) is 11.4 Å². The number of hydrogen-bond acceptors (Lipinski definition) is 6. The summed E-state index contributed by atoms with van der Waals surface area (Å²) in [7, 11) is 0. The van der Waals surface area contributed by atoms with Gasteiger partial charge in [-0.2, -0.15) is 0 Å². The maximum Gasteiger partial charge on any atom is 0.331 e. The summed E-state index contributed by atoms with van der Waals surface area (Å²) in [4.78, 5) is 26.0. The van der Waals surface area contributed by atoms with E-state index in [1.165, 1.54) is 20.1 Å². The van der Waals surface area contributed by atoms with E-state index in [1.54, 1.807) is 48.8 Å². The van der Waals surface area contributed by atoms with Crippen molar-refractivity contribution in [1.82, 2.24) is 39.1 Å². The maximum absolute atomic E-state index is 13.2. The Hall–Kier alpha value is -2.96. The van der Waals surface area contributed by atoms with Crippen molar-refractivity contribution in [2.75, 3.05) is 0 Å². The number of aromatic nitrogens is 8. The Morgan fingerprint density at radius 1 is 0.676 bits per heavy atom. The van der Waals surface area contributed by atoms with E-state index in [-0.39, 0.29) is 17.6 Å². The summed E-state index contributed by atoms with van der Waals surface area (Å²) in [5, 5.41) is 18.1. The molecular formula is C22H13BrCl4N8O2. The van der Waals surface area contributed by atoms with Crippen molar-refractivity contribution in [2.24, 2.45) is 0 Å². The Kier molecular flexibility index (Phi) is 7.24. The molecule has 3 heterocycles. The van der Waals surface area contributed by atoms with Crippen molar-refractivity contribution < 1.29 is 0 Å². The molecule has 5 rings (SSSR count). The lowest BCUT2D eigenvalue weighted by Gasteiger charge is -2.09. The highest BCUT2D eigenvalue weighted by Gasteiger charge is 2.15. The van der Waals surface area contributed by atoms with Crippen LogP contribution in [0.2, 0.25) is 20.1 Å². The number of nitrogens with zero attached hydrogens (tertiary/aromatic N) is 8. The quantitative estimate of drug-likeness (QED) is 0.267. The second-order valence-electron chi connectivity index (χ2n) is 7.84. The first-order chi connectivity index (χ1) is 17.7. The fraction of sp³-hybridized carbons (Fsp3) is 0.0909. The zero-order valence-corrected chi connectivity index (χ0v) is 23.0. The first kappa shape index (κ1) is 25.7. The van der Waals surface area contributed by atoms with Gasteiger partial charge in [-0.15, -0.1) is 10.2 Å². The van der Waals surface area contributed by atoms with Gasteiger partial charge >= 0.3 is 5.69 Å². The molecule has 0 spiro atoms. The van der Waals surface area contributed by atoms with Crippen LogP contribution in [0, 0.1) is 0 Å². The van der Waals surface area contributed by atoms with Crippen molar-refractivity contribution in [1.29, 1.82) is 0 Å². The molecule has 0 saturated carbocycles. The van der Waals surface area contributed by atoms with Crippen molar-refractivity contribution >= 4 is 62.3 Å². The Morgan fingerprint density at radius 3 is 1.62 bits per heavy atom. The minimum Gasteiger partial charge on any atom is -0.293 e. The van der Waals surface area contributed by atoms with E-state index in [1.807, 2.05) is 0 Å². The monoisotopic (exact) mass is 640 g/mol. The third-order valence-corrected chi connectivity index (χ3v) is 6.57. The molecule has 3 aromatic heterocycles. The summed E-state index contributed by atoms with van der Waals surface area (Å²) < 4.78 is 5.52. The summed E-state index contributed by atoms with van der Waals surface area (Å²) in [6, 6.07) is 9.88. The van der Waals surface area contributed by atoms with E-state index >= 15 is 0 Å². The van der Waals surface area contributed by atoms with Gasteiger partial charge in [0.2, 0.25) is 0 Å². The average molecular weight is 643 g/mol. The molecule has 10 nitrogen and oxygen atoms in total. The summed E-state index contributed by atoms with van der Waals surface area (Å²) in [6.45, 7) is -0.0567. The number of hydrogen-bond donors (Lipinski definition) is 0. The van der Waals surface area contributed by atoms with E-state index < -0.39 is 11.2 Å². The van der Waals surface area contributed by atoms with Gasteiger partial charge in [-0.05, 0) is 52.3 Å². The SMILES string of the molecule is O=c1c(Br)cn(Cc2cn(-c3cc(Cl)cc(Cl)c3)nn2)c(=O)n1Cc1cn(-c2cc(Cl)cc(Cl)c2)nn1. The Balaban J connectivity index is 1.43. The molecular weight excluding hydrogens is 630 g/mol. The smallest absolute Gasteiger partial charge is 0.293 e. The predicted molar refractivity (Wildman–Crippen MR) is 144 cm³/mol. The standard InChI is InChI=1S/C22H13BrCl4N8O2/c23-20-11-32(7-16-9-34(30-28-16)18-3-12(24)1-13(25)4-18)22(37)33(21(20)36)8-17-10-35(31-29-17)19-5-14(26)2-15(27)6-19/h1-6,9-11H,7-8H2. The first-order valence-corrected chi connectivity index (χ1v) is 12.7. The molecule has 0 radical (unpaired) electrons. The summed E-state index contributed by atoms with van der Waals surface area (Å²) in [5.41, 5.74) is 0.966. The molecule has 5 aromatic rings. The van der Waals surface area contributed by atoms with Crippen LogP contribution >= 0.6 is 62.3 Å². The van der Waals surface area contributed by atoms with Gasteiger partial charge in [0.25, 0.3) is 5.56 Å². The summed E-state index contributed by atoms with van der Waals surface area (Å²) >= 11 is 27.5. The minimum absolute atomic E-state index is 0.0553. The fourth-order valence-electron chi connectivity index (χ4n) is 3.54. The summed E-state index contributed by atoms with van der Waals surface area (Å²) in [5.74, 6) is 0. The lowest BCUT2D eigenvalue weighted by molar-refractivity contribution is 0.595. The topological polar surface area (TPSA) is 105 Å². The normalized spacial score (nSPS) is 11.3. The van der Waals surface area contributed by atoms with Gasteiger partial charge in [-0.25, -0.2) is 14.2 Å². The largest absolute Gasteiger partial charge is 0.331 e. The lowest BCUT2D eigenvalue weighted by Crippen LogP contribution is -2.40. The number of halogens is 5. The molecule has 15 heteroatoms. The minimum atomic E-state index is -0.561. The third-order valence-electron chi connectivity index (χ3n) is 5.15. The van der Waals surface area contributed by atoms with Gasteiger partial charge in [-0.3, -0.25) is 13.9 Å². The Morgan fingerprint density at radius 2 is 1.14 bits per heavy atom. The van der Waals surface area contributed by atoms with Crippen LogP contribution in [0.15, 0.2) is 69.1 Å². The zero-order chi connectivity index (χ0) is 26.3. The molecule has 37 heavy (non-hydrogen) atoms. The zero-order valence-electron chi connectivity index (χ0n) is 18.4. The molecule has 0 saturated heterocycles. The van der Waals surface area contributed by atoms with E-state index in [4.69, 9.17) is 46.4 Å². The molecule has 0 atom stereocenters. The van der Waals surface area contributed by atoms with Crippen LogP contribution in [-0.4, -0.2) is 39.1 Å². The maximum atomic E-state index is 13.2. The van der Waals surface area contributed by atoms with Gasteiger partial charge in [-0.1, -0.05) is 56.8 Å². The van der Waals surface area contributed by atoms with Crippen molar-refractivity contribution in [3.05, 3.63) is 112 Å². The van der Waals surface area contributed by atoms with Gasteiger partial charge in [0.05, 0.1) is 41.3 Å². The molecule has 0 aliphatic heterocycles.